The summed E-state index contributed by atoms with van der Waals surface area (Å²) in [6.45, 7) is 6.76. The molecule has 94 valence electrons. The molecule has 0 saturated heterocycles. The predicted octanol–water partition coefficient (Wildman–Crippen LogP) is 2.59. The first-order chi connectivity index (χ1) is 7.86. The first kappa shape index (κ1) is 13.6. The maximum absolute atomic E-state index is 11.3. The Kier molecular flexibility index (Phi) is 4.16. The van der Waals surface area contributed by atoms with Crippen molar-refractivity contribution >= 4 is 11.7 Å². The van der Waals surface area contributed by atoms with Gasteiger partial charge in [0.15, 0.2) is 0 Å². The van der Waals surface area contributed by atoms with Crippen molar-refractivity contribution in [1.82, 2.24) is 0 Å². The summed E-state index contributed by atoms with van der Waals surface area (Å²) in [5.74, 6) is -0.226. The van der Waals surface area contributed by atoms with E-state index in [2.05, 4.69) is 31.6 Å². The van der Waals surface area contributed by atoms with E-state index in [4.69, 9.17) is 0 Å². The molecule has 0 unspecified atom stereocenters. The molecule has 0 bridgehead atoms. The fourth-order valence-corrected chi connectivity index (χ4v) is 1.78. The van der Waals surface area contributed by atoms with Crippen molar-refractivity contribution in [1.29, 1.82) is 0 Å². The summed E-state index contributed by atoms with van der Waals surface area (Å²) in [4.78, 5) is 13.2. The molecule has 17 heavy (non-hydrogen) atoms. The molecule has 0 radical (unpaired) electrons. The molecule has 0 aliphatic heterocycles. The van der Waals surface area contributed by atoms with Crippen molar-refractivity contribution in [2.75, 3.05) is 25.6 Å². The van der Waals surface area contributed by atoms with Crippen LogP contribution in [0.3, 0.4) is 0 Å². The fraction of sp³-hybridized carbons (Fsp3) is 0.500. The summed E-state index contributed by atoms with van der Waals surface area (Å²) < 4.78 is 4.69. The minimum absolute atomic E-state index is 0.0565. The monoisotopic (exact) mass is 235 g/mol. The van der Waals surface area contributed by atoms with Crippen molar-refractivity contribution in [3.05, 3.63) is 29.8 Å². The Balaban J connectivity index is 3.01. The van der Waals surface area contributed by atoms with E-state index in [1.54, 1.807) is 0 Å². The molecule has 0 saturated carbocycles. The lowest BCUT2D eigenvalue weighted by Crippen LogP contribution is -2.29. The molecule has 0 fully saturated rings. The maximum Gasteiger partial charge on any atom is 0.325 e. The van der Waals surface area contributed by atoms with Gasteiger partial charge in [0.1, 0.15) is 6.54 Å². The van der Waals surface area contributed by atoms with Gasteiger partial charge in [-0.3, -0.25) is 4.79 Å². The highest BCUT2D eigenvalue weighted by atomic mass is 16.5. The number of carbonyl (C=O) groups excluding carboxylic acids is 1. The number of methoxy groups -OCH3 is 1. The highest BCUT2D eigenvalue weighted by Gasteiger charge is 2.20. The topological polar surface area (TPSA) is 29.5 Å². The van der Waals surface area contributed by atoms with Crippen molar-refractivity contribution in [2.45, 2.75) is 26.2 Å². The van der Waals surface area contributed by atoms with Crippen LogP contribution in [-0.2, 0) is 14.9 Å². The minimum Gasteiger partial charge on any atom is -0.468 e. The van der Waals surface area contributed by atoms with E-state index in [1.165, 1.54) is 12.7 Å². The van der Waals surface area contributed by atoms with Crippen LogP contribution < -0.4 is 4.90 Å². The molecule has 3 heteroatoms. The maximum atomic E-state index is 11.3. The van der Waals surface area contributed by atoms with Gasteiger partial charge >= 0.3 is 5.97 Å². The molecule has 0 spiro atoms. The quantitative estimate of drug-likeness (QED) is 0.754. The molecule has 0 N–H and O–H groups in total. The molecular formula is C14H21NO2. The smallest absolute Gasteiger partial charge is 0.325 e. The van der Waals surface area contributed by atoms with Crippen LogP contribution in [0.1, 0.15) is 26.3 Å². The zero-order chi connectivity index (χ0) is 13.1. The molecule has 0 amide bonds. The van der Waals surface area contributed by atoms with E-state index in [0.717, 1.165) is 5.69 Å². The Hall–Kier alpha value is -1.51. The zero-order valence-corrected chi connectivity index (χ0v) is 11.3. The number of hydrogen-bond acceptors (Lipinski definition) is 3. The van der Waals surface area contributed by atoms with Crippen molar-refractivity contribution < 1.29 is 9.53 Å². The van der Waals surface area contributed by atoms with Gasteiger partial charge < -0.3 is 9.64 Å². The lowest BCUT2D eigenvalue weighted by atomic mass is 9.85. The molecule has 0 aromatic heterocycles. The second kappa shape index (κ2) is 5.21. The second-order valence-corrected chi connectivity index (χ2v) is 5.20. The van der Waals surface area contributed by atoms with Crippen LogP contribution in [-0.4, -0.2) is 26.7 Å². The number of hydrogen-bond donors (Lipinski definition) is 0. The first-order valence-corrected chi connectivity index (χ1v) is 5.73. The first-order valence-electron chi connectivity index (χ1n) is 5.73. The third-order valence-corrected chi connectivity index (χ3v) is 2.72. The van der Waals surface area contributed by atoms with Gasteiger partial charge in [0.05, 0.1) is 7.11 Å². The lowest BCUT2D eigenvalue weighted by Gasteiger charge is -2.28. The molecule has 0 aliphatic carbocycles. The number of nitrogens with zero attached hydrogens (tertiary/aromatic N) is 1. The molecule has 0 aliphatic rings. The third kappa shape index (κ3) is 3.48. The van der Waals surface area contributed by atoms with Gasteiger partial charge in [-0.1, -0.05) is 39.0 Å². The highest BCUT2D eigenvalue weighted by molar-refractivity contribution is 5.76. The van der Waals surface area contributed by atoms with Gasteiger partial charge in [-0.05, 0) is 17.0 Å². The largest absolute Gasteiger partial charge is 0.468 e. The molecule has 0 heterocycles. The number of para-hydroxylation sites is 1. The number of likely N-dealkylation sites (N-methyl/N-ethyl adjacent to an activating group) is 1. The van der Waals surface area contributed by atoms with Crippen LogP contribution in [0.15, 0.2) is 24.3 Å². The minimum atomic E-state index is -0.226. The van der Waals surface area contributed by atoms with Crippen LogP contribution in [0.25, 0.3) is 0 Å². The summed E-state index contributed by atoms with van der Waals surface area (Å²) in [7, 11) is 3.31. The van der Waals surface area contributed by atoms with Gasteiger partial charge in [-0.25, -0.2) is 0 Å². The Bertz CT molecular complexity index is 393. The summed E-state index contributed by atoms with van der Waals surface area (Å²) in [6, 6.07) is 8.14. The second-order valence-electron chi connectivity index (χ2n) is 5.20. The van der Waals surface area contributed by atoms with Crippen LogP contribution in [0.2, 0.25) is 0 Å². The fourth-order valence-electron chi connectivity index (χ4n) is 1.78. The zero-order valence-electron chi connectivity index (χ0n) is 11.3. The van der Waals surface area contributed by atoms with Crippen molar-refractivity contribution in [2.24, 2.45) is 0 Å². The third-order valence-electron chi connectivity index (χ3n) is 2.72. The summed E-state index contributed by atoms with van der Waals surface area (Å²) in [5.41, 5.74) is 2.36. The van der Waals surface area contributed by atoms with Crippen molar-refractivity contribution in [3.8, 4) is 0 Å². The molecule has 0 atom stereocenters. The van der Waals surface area contributed by atoms with Gasteiger partial charge in [0, 0.05) is 12.7 Å². The molecule has 3 nitrogen and oxygen atoms in total. The number of carbonyl (C=O) groups is 1. The molecular weight excluding hydrogens is 214 g/mol. The average molecular weight is 235 g/mol. The van der Waals surface area contributed by atoms with E-state index in [-0.39, 0.29) is 17.9 Å². The van der Waals surface area contributed by atoms with Crippen molar-refractivity contribution in [3.63, 3.8) is 0 Å². The molecule has 1 rings (SSSR count). The van der Waals surface area contributed by atoms with Gasteiger partial charge in [-0.2, -0.15) is 0 Å². The summed E-state index contributed by atoms with van der Waals surface area (Å²) >= 11 is 0. The van der Waals surface area contributed by atoms with E-state index >= 15 is 0 Å². The number of anilines is 1. The van der Waals surface area contributed by atoms with Gasteiger partial charge in [-0.15, -0.1) is 0 Å². The lowest BCUT2D eigenvalue weighted by molar-refractivity contribution is -0.138. The van der Waals surface area contributed by atoms with Crippen LogP contribution in [0, 0.1) is 0 Å². The average Bonchev–Trinajstić information content (AvgIpc) is 2.27. The number of rotatable bonds is 3. The predicted molar refractivity (Wildman–Crippen MR) is 70.4 cm³/mol. The summed E-state index contributed by atoms with van der Waals surface area (Å²) in [6.07, 6.45) is 0. The van der Waals surface area contributed by atoms with Crippen LogP contribution >= 0.6 is 0 Å². The van der Waals surface area contributed by atoms with Crippen LogP contribution in [0.5, 0.6) is 0 Å². The SMILES string of the molecule is COC(=O)CN(C)c1ccccc1C(C)(C)C. The normalized spacial score (nSPS) is 11.1. The number of ether oxygens (including phenoxy) is 1. The Morgan fingerprint density at radius 1 is 1.29 bits per heavy atom. The number of esters is 1. The van der Waals surface area contributed by atoms with Gasteiger partial charge in [0.25, 0.3) is 0 Å². The Labute approximate surface area is 103 Å². The molecule has 1 aromatic carbocycles. The van der Waals surface area contributed by atoms with E-state index in [9.17, 15) is 4.79 Å². The van der Waals surface area contributed by atoms with Gasteiger partial charge in [0.2, 0.25) is 0 Å². The van der Waals surface area contributed by atoms with E-state index in [1.807, 2.05) is 30.1 Å². The Morgan fingerprint density at radius 2 is 1.88 bits per heavy atom. The van der Waals surface area contributed by atoms with E-state index in [0.29, 0.717) is 0 Å². The number of benzene rings is 1. The summed E-state index contributed by atoms with van der Waals surface area (Å²) in [5, 5.41) is 0. The standard InChI is InChI=1S/C14H21NO2/c1-14(2,3)11-8-6-7-9-12(11)15(4)10-13(16)17-5/h6-9H,10H2,1-5H3. The Morgan fingerprint density at radius 3 is 2.41 bits per heavy atom. The van der Waals surface area contributed by atoms with E-state index < -0.39 is 0 Å². The highest BCUT2D eigenvalue weighted by Crippen LogP contribution is 2.31. The molecule has 1 aromatic rings. The van der Waals surface area contributed by atoms with Crippen LogP contribution in [0.4, 0.5) is 5.69 Å².